The van der Waals surface area contributed by atoms with Crippen LogP contribution in [0.2, 0.25) is 0 Å². The summed E-state index contributed by atoms with van der Waals surface area (Å²) in [4.78, 5) is 0. The Bertz CT molecular complexity index is 4680. The number of hydrogen-bond donors (Lipinski definition) is 0. The van der Waals surface area contributed by atoms with Crippen molar-refractivity contribution in [3.63, 3.8) is 0 Å². The molecule has 0 saturated heterocycles. The lowest BCUT2D eigenvalue weighted by Gasteiger charge is -2.26. The van der Waals surface area contributed by atoms with Gasteiger partial charge in [0.15, 0.2) is 17.5 Å². The molecular weight excluding hydrogens is 1380 g/mol. The minimum atomic E-state index is -4.64. The molecule has 11 aromatic rings. The van der Waals surface area contributed by atoms with Gasteiger partial charge in [0.25, 0.3) is 0 Å². The molecule has 0 amide bonds. The summed E-state index contributed by atoms with van der Waals surface area (Å²) in [6.07, 6.45) is 7.42. The molecule has 0 N–H and O–H groups in total. The van der Waals surface area contributed by atoms with E-state index in [9.17, 15) is 52.7 Å². The molecule has 14 rings (SSSR count). The molecule has 0 spiro atoms. The van der Waals surface area contributed by atoms with Gasteiger partial charge < -0.3 is 9.47 Å². The monoisotopic (exact) mass is 1460 g/mol. The van der Waals surface area contributed by atoms with Gasteiger partial charge in [-0.3, -0.25) is 0 Å². The van der Waals surface area contributed by atoms with Gasteiger partial charge in [-0.05, 0) is 199 Å². The van der Waals surface area contributed by atoms with Gasteiger partial charge in [-0.2, -0.15) is 17.6 Å². The van der Waals surface area contributed by atoms with Crippen LogP contribution in [0.3, 0.4) is 0 Å². The van der Waals surface area contributed by atoms with Gasteiger partial charge in [-0.25, -0.2) is 35.1 Å². The third-order valence-electron chi connectivity index (χ3n) is 21.2. The van der Waals surface area contributed by atoms with E-state index in [0.717, 1.165) is 80.3 Å². The highest BCUT2D eigenvalue weighted by Crippen LogP contribution is 2.43. The fourth-order valence-corrected chi connectivity index (χ4v) is 14.3. The molecule has 0 unspecified atom stereocenters. The Labute approximate surface area is 620 Å². The smallest absolute Gasteiger partial charge is 0.429 e. The third-order valence-corrected chi connectivity index (χ3v) is 21.2. The maximum absolute atomic E-state index is 14.7. The second kappa shape index (κ2) is 34.8. The average Bonchev–Trinajstić information content (AvgIpc) is 0.778. The molecule has 0 atom stereocenters. The lowest BCUT2D eigenvalue weighted by Crippen LogP contribution is -2.25. The molecule has 0 radical (unpaired) electrons. The standard InChI is InChI=1S/C27H26F4O.C26H15F7O.C26H27F.C14H20/c1-17-3-5-19(6-4-17)20-7-9-21(10-8-20)22-11-13-23(14-12-22)27(30,31)32-24-15-25(28)18(2)26(29)16-24;1-14-2-4-15(5-3-14)16-6-8-17(9-7-16)18-10-20(27)24(21(28)11-18)26(32,33)34-19-12-22(29)25(31)23(30)13-19;1-18-3-7-20(8-4-18)21-11-13-22(14-12-21)24-15-16-25(26(27)17-24)23-9-5-19(2)6-10-23;1-11-3-7-13(8-4-11)14-9-5-12(2)6-10-14/h7-17,19H,3-6H2,1-2H3;2-13H,1H3;5-6,9-18,20H,3-4,7-8H2,1-2H3;3-4,7-8,12,14H,5-6,9-10H2,1-2H3. The van der Waals surface area contributed by atoms with Gasteiger partial charge in [0.1, 0.15) is 46.1 Å². The SMILES string of the molecule is Cc1c(F)cc(OC(F)(F)c2ccc(-c3ccc(C4CCC(C)CC4)cc3)cc2)cc1F.Cc1ccc(-c2ccc(-c3cc(F)c(C(F)(F)Oc4cc(F)c(F)c(F)c4)c(F)c3)cc2)cc1.Cc1ccc(-c2ccc(-c3ccc(C4CCC(C)CC4)cc3)cc2F)cc1.Cc1ccc(C2CCC(C)CC2)cc1. The Kier molecular flexibility index (Phi) is 25.5. The zero-order chi connectivity index (χ0) is 76.3. The first kappa shape index (κ1) is 78.3. The van der Waals surface area contributed by atoms with Crippen molar-refractivity contribution in [2.24, 2.45) is 17.8 Å². The molecule has 3 aliphatic carbocycles. The summed E-state index contributed by atoms with van der Waals surface area (Å²) in [7, 11) is 0. The van der Waals surface area contributed by atoms with Crippen LogP contribution < -0.4 is 9.47 Å². The summed E-state index contributed by atoms with van der Waals surface area (Å²) >= 11 is 0. The first-order valence-electron chi connectivity index (χ1n) is 36.8. The summed E-state index contributed by atoms with van der Waals surface area (Å²) < 4.78 is 178. The van der Waals surface area contributed by atoms with Gasteiger partial charge in [-0.1, -0.05) is 246 Å². The van der Waals surface area contributed by atoms with Crippen LogP contribution in [0.4, 0.5) is 52.7 Å². The molecule has 0 heterocycles. The van der Waals surface area contributed by atoms with E-state index in [0.29, 0.717) is 35.1 Å². The number of halogens is 12. The van der Waals surface area contributed by atoms with E-state index < -0.39 is 75.6 Å². The molecule has 0 aliphatic heterocycles. The largest absolute Gasteiger partial charge is 0.432 e. The molecule has 11 aromatic carbocycles. The summed E-state index contributed by atoms with van der Waals surface area (Å²) in [5.74, 6) is -7.74. The van der Waals surface area contributed by atoms with Crippen LogP contribution in [0.5, 0.6) is 11.5 Å². The van der Waals surface area contributed by atoms with Gasteiger partial charge in [-0.15, -0.1) is 0 Å². The Morgan fingerprint density at radius 1 is 0.271 bits per heavy atom. The van der Waals surface area contributed by atoms with Crippen molar-refractivity contribution in [3.05, 3.63) is 321 Å². The lowest BCUT2D eigenvalue weighted by molar-refractivity contribution is -0.189. The van der Waals surface area contributed by atoms with Crippen LogP contribution in [-0.2, 0) is 12.2 Å². The topological polar surface area (TPSA) is 18.5 Å². The van der Waals surface area contributed by atoms with Crippen molar-refractivity contribution in [2.45, 2.75) is 155 Å². The lowest BCUT2D eigenvalue weighted by atomic mass is 9.79. The molecule has 107 heavy (non-hydrogen) atoms. The zero-order valence-corrected chi connectivity index (χ0v) is 61.2. The number of aryl methyl sites for hydroxylation is 3. The van der Waals surface area contributed by atoms with Crippen LogP contribution >= 0.6 is 0 Å². The number of alkyl halides is 4. The highest BCUT2D eigenvalue weighted by Gasteiger charge is 2.42. The molecule has 3 aliphatic rings. The van der Waals surface area contributed by atoms with Crippen LogP contribution in [0.1, 0.15) is 166 Å². The van der Waals surface area contributed by atoms with Crippen LogP contribution in [0.15, 0.2) is 224 Å². The Morgan fingerprint density at radius 2 is 0.551 bits per heavy atom. The zero-order valence-electron chi connectivity index (χ0n) is 61.2. The van der Waals surface area contributed by atoms with E-state index in [2.05, 4.69) is 97.8 Å². The van der Waals surface area contributed by atoms with Gasteiger partial charge in [0, 0.05) is 35.4 Å². The maximum Gasteiger partial charge on any atom is 0.432 e. The van der Waals surface area contributed by atoms with Crippen LogP contribution in [0.25, 0.3) is 55.6 Å². The Morgan fingerprint density at radius 3 is 0.935 bits per heavy atom. The highest BCUT2D eigenvalue weighted by atomic mass is 19.3. The second-order valence-corrected chi connectivity index (χ2v) is 29.4. The van der Waals surface area contributed by atoms with Gasteiger partial charge in [0.05, 0.1) is 5.56 Å². The molecule has 3 fully saturated rings. The molecule has 0 aromatic heterocycles. The molecule has 14 heteroatoms. The molecule has 556 valence electrons. The Balaban J connectivity index is 0.000000147. The van der Waals surface area contributed by atoms with Crippen molar-refractivity contribution in [3.8, 4) is 67.1 Å². The first-order valence-corrected chi connectivity index (χ1v) is 36.8. The fourth-order valence-electron chi connectivity index (χ4n) is 14.3. The van der Waals surface area contributed by atoms with Crippen molar-refractivity contribution in [1.82, 2.24) is 0 Å². The minimum Gasteiger partial charge on any atom is -0.429 e. The summed E-state index contributed by atoms with van der Waals surface area (Å²) in [5.41, 5.74) is 13.1. The normalized spacial score (nSPS) is 18.0. The molecular formula is C93H88F12O2. The molecule has 3 saturated carbocycles. The van der Waals surface area contributed by atoms with Crippen molar-refractivity contribution in [1.29, 1.82) is 0 Å². The highest BCUT2D eigenvalue weighted by molar-refractivity contribution is 5.73. The quantitative estimate of drug-likeness (QED) is 0.0798. The first-order chi connectivity index (χ1) is 51.1. The van der Waals surface area contributed by atoms with Gasteiger partial charge >= 0.3 is 12.2 Å². The number of benzene rings is 11. The van der Waals surface area contributed by atoms with Crippen molar-refractivity contribution < 1.29 is 62.2 Å². The predicted octanol–water partition coefficient (Wildman–Crippen LogP) is 28.6. The van der Waals surface area contributed by atoms with E-state index >= 15 is 0 Å². The summed E-state index contributed by atoms with van der Waals surface area (Å²) in [5, 5.41) is 0. The second-order valence-electron chi connectivity index (χ2n) is 29.4. The fraction of sp³-hybridized carbons (Fsp3) is 0.290. The molecule has 0 bridgehead atoms. The summed E-state index contributed by atoms with van der Waals surface area (Å²) in [6, 6.07) is 63.0. The number of ether oxygens (including phenoxy) is 2. The predicted molar refractivity (Wildman–Crippen MR) is 405 cm³/mol. The van der Waals surface area contributed by atoms with E-state index in [4.69, 9.17) is 0 Å². The molecule has 2 nitrogen and oxygen atoms in total. The van der Waals surface area contributed by atoms with Crippen molar-refractivity contribution in [2.75, 3.05) is 0 Å². The average molecular weight is 1470 g/mol. The minimum absolute atomic E-state index is 0.0103. The van der Waals surface area contributed by atoms with E-state index in [-0.39, 0.29) is 29.1 Å². The van der Waals surface area contributed by atoms with E-state index in [1.165, 1.54) is 118 Å². The van der Waals surface area contributed by atoms with E-state index in [1.54, 1.807) is 48.0 Å². The van der Waals surface area contributed by atoms with Crippen LogP contribution in [-0.4, -0.2) is 0 Å². The van der Waals surface area contributed by atoms with Crippen LogP contribution in [0, 0.1) is 92.0 Å². The third kappa shape index (κ3) is 20.3. The van der Waals surface area contributed by atoms with E-state index in [1.807, 2.05) is 86.6 Å². The summed E-state index contributed by atoms with van der Waals surface area (Å²) in [6.45, 7) is 14.4. The number of rotatable bonds is 14. The number of hydrogen-bond acceptors (Lipinski definition) is 2. The Hall–Kier alpha value is -9.82. The maximum atomic E-state index is 14.7. The van der Waals surface area contributed by atoms with Gasteiger partial charge in [0.2, 0.25) is 0 Å². The van der Waals surface area contributed by atoms with Crippen molar-refractivity contribution >= 4 is 0 Å².